The van der Waals surface area contributed by atoms with E-state index in [4.69, 9.17) is 21.1 Å². The van der Waals surface area contributed by atoms with Crippen LogP contribution in [0.4, 0.5) is 4.79 Å². The van der Waals surface area contributed by atoms with Gasteiger partial charge in [0, 0.05) is 11.4 Å². The lowest BCUT2D eigenvalue weighted by atomic mass is 10.0. The summed E-state index contributed by atoms with van der Waals surface area (Å²) in [7, 11) is 0. The third kappa shape index (κ3) is 8.01. The maximum Gasteiger partial charge on any atom is 0.408 e. The molecular formula is C22H26ClNO4. The monoisotopic (exact) mass is 403 g/mol. The standard InChI is InChI=1S/C22H26ClNO4/c1-22(2,3)28-21(26)24-19(17-9-11-18(23)12-10-17)13-14-20(25)27-15-16-7-5-4-6-8-16/h4-12,19H,13-15H2,1-3H3,(H,24,26). The Labute approximate surface area is 171 Å². The van der Waals surface area contributed by atoms with Gasteiger partial charge in [-0.05, 0) is 50.5 Å². The number of hydrogen-bond donors (Lipinski definition) is 1. The highest BCUT2D eigenvalue weighted by Crippen LogP contribution is 2.22. The summed E-state index contributed by atoms with van der Waals surface area (Å²) >= 11 is 5.95. The minimum atomic E-state index is -0.608. The van der Waals surface area contributed by atoms with Crippen molar-refractivity contribution in [3.63, 3.8) is 0 Å². The van der Waals surface area contributed by atoms with Gasteiger partial charge in [0.15, 0.2) is 0 Å². The fraction of sp³-hybridized carbons (Fsp3) is 0.364. The quantitative estimate of drug-likeness (QED) is 0.626. The minimum Gasteiger partial charge on any atom is -0.461 e. The largest absolute Gasteiger partial charge is 0.461 e. The first-order valence-electron chi connectivity index (χ1n) is 9.17. The van der Waals surface area contributed by atoms with E-state index >= 15 is 0 Å². The molecule has 2 rings (SSSR count). The van der Waals surface area contributed by atoms with Crippen molar-refractivity contribution in [1.29, 1.82) is 0 Å². The topological polar surface area (TPSA) is 64.6 Å². The molecule has 1 atom stereocenters. The maximum absolute atomic E-state index is 12.2. The fourth-order valence-corrected chi connectivity index (χ4v) is 2.67. The van der Waals surface area contributed by atoms with Crippen LogP contribution in [0, 0.1) is 0 Å². The summed E-state index contributed by atoms with van der Waals surface area (Å²) in [4.78, 5) is 24.3. The number of carbonyl (C=O) groups excluding carboxylic acids is 2. The molecule has 6 heteroatoms. The van der Waals surface area contributed by atoms with E-state index < -0.39 is 17.7 Å². The SMILES string of the molecule is CC(C)(C)OC(=O)NC(CCC(=O)OCc1ccccc1)c1ccc(Cl)cc1. The van der Waals surface area contributed by atoms with Crippen molar-refractivity contribution in [3.05, 3.63) is 70.7 Å². The molecule has 0 aliphatic heterocycles. The summed E-state index contributed by atoms with van der Waals surface area (Å²) in [5, 5.41) is 3.43. The molecule has 0 aliphatic carbocycles. The Morgan fingerprint density at radius 2 is 1.68 bits per heavy atom. The molecule has 28 heavy (non-hydrogen) atoms. The van der Waals surface area contributed by atoms with E-state index in [1.54, 1.807) is 32.9 Å². The van der Waals surface area contributed by atoms with Crippen molar-refractivity contribution in [2.45, 2.75) is 51.9 Å². The van der Waals surface area contributed by atoms with Crippen LogP contribution in [-0.4, -0.2) is 17.7 Å². The second-order valence-corrected chi connectivity index (χ2v) is 7.87. The molecule has 150 valence electrons. The summed E-state index contributed by atoms with van der Waals surface area (Å²) in [6.45, 7) is 5.62. The third-order valence-electron chi connectivity index (χ3n) is 3.84. The van der Waals surface area contributed by atoms with E-state index in [1.165, 1.54) is 0 Å². The van der Waals surface area contributed by atoms with Crippen LogP contribution < -0.4 is 5.32 Å². The lowest BCUT2D eigenvalue weighted by Gasteiger charge is -2.24. The molecule has 0 saturated carbocycles. The minimum absolute atomic E-state index is 0.163. The Hall–Kier alpha value is -2.53. The third-order valence-corrected chi connectivity index (χ3v) is 4.10. The number of esters is 1. The molecule has 1 amide bonds. The van der Waals surface area contributed by atoms with Crippen molar-refractivity contribution in [3.8, 4) is 0 Å². The van der Waals surface area contributed by atoms with Gasteiger partial charge in [-0.2, -0.15) is 0 Å². The van der Waals surface area contributed by atoms with Gasteiger partial charge in [0.25, 0.3) is 0 Å². The number of rotatable bonds is 7. The summed E-state index contributed by atoms with van der Waals surface area (Å²) in [6.07, 6.45) is 0.00911. The fourth-order valence-electron chi connectivity index (χ4n) is 2.54. The van der Waals surface area contributed by atoms with Crippen molar-refractivity contribution in [2.75, 3.05) is 0 Å². The highest BCUT2D eigenvalue weighted by molar-refractivity contribution is 6.30. The van der Waals surface area contributed by atoms with Crippen LogP contribution in [0.2, 0.25) is 5.02 Å². The summed E-state index contributed by atoms with van der Waals surface area (Å²) < 4.78 is 10.6. The van der Waals surface area contributed by atoms with Gasteiger partial charge in [0.1, 0.15) is 12.2 Å². The maximum atomic E-state index is 12.2. The molecule has 0 fully saturated rings. The molecule has 0 radical (unpaired) electrons. The Morgan fingerprint density at radius 1 is 1.04 bits per heavy atom. The van der Waals surface area contributed by atoms with E-state index in [1.807, 2.05) is 42.5 Å². The Balaban J connectivity index is 1.95. The van der Waals surface area contributed by atoms with Crippen LogP contribution in [-0.2, 0) is 20.9 Å². The Bertz CT molecular complexity index is 769. The van der Waals surface area contributed by atoms with E-state index in [9.17, 15) is 9.59 Å². The first-order valence-corrected chi connectivity index (χ1v) is 9.55. The van der Waals surface area contributed by atoms with E-state index in [2.05, 4.69) is 5.32 Å². The lowest BCUT2D eigenvalue weighted by molar-refractivity contribution is -0.145. The zero-order chi connectivity index (χ0) is 20.6. The number of halogens is 1. The number of ether oxygens (including phenoxy) is 2. The van der Waals surface area contributed by atoms with Gasteiger partial charge < -0.3 is 14.8 Å². The molecular weight excluding hydrogens is 378 g/mol. The highest BCUT2D eigenvalue weighted by atomic mass is 35.5. The van der Waals surface area contributed by atoms with Crippen LogP contribution in [0.1, 0.15) is 50.8 Å². The summed E-state index contributed by atoms with van der Waals surface area (Å²) in [6, 6.07) is 16.2. The molecule has 0 aliphatic rings. The average Bonchev–Trinajstić information content (AvgIpc) is 2.63. The van der Waals surface area contributed by atoms with E-state index in [0.29, 0.717) is 11.4 Å². The molecule has 0 saturated heterocycles. The normalized spacial score (nSPS) is 12.1. The molecule has 5 nitrogen and oxygen atoms in total. The molecule has 0 bridgehead atoms. The van der Waals surface area contributed by atoms with Gasteiger partial charge in [-0.25, -0.2) is 4.79 Å². The Morgan fingerprint density at radius 3 is 2.29 bits per heavy atom. The molecule has 0 spiro atoms. The first-order chi connectivity index (χ1) is 13.2. The van der Waals surface area contributed by atoms with Gasteiger partial charge in [0.05, 0.1) is 6.04 Å². The van der Waals surface area contributed by atoms with Crippen LogP contribution in [0.25, 0.3) is 0 Å². The van der Waals surface area contributed by atoms with Gasteiger partial charge in [-0.1, -0.05) is 54.1 Å². The zero-order valence-electron chi connectivity index (χ0n) is 16.4. The van der Waals surface area contributed by atoms with Gasteiger partial charge >= 0.3 is 12.1 Å². The number of benzene rings is 2. The van der Waals surface area contributed by atoms with Gasteiger partial charge in [-0.3, -0.25) is 4.79 Å². The molecule has 1 unspecified atom stereocenters. The van der Waals surface area contributed by atoms with Crippen LogP contribution in [0.3, 0.4) is 0 Å². The number of carbonyl (C=O) groups is 2. The Kier molecular flexibility index (Phi) is 7.88. The number of hydrogen-bond acceptors (Lipinski definition) is 4. The van der Waals surface area contributed by atoms with Crippen LogP contribution in [0.15, 0.2) is 54.6 Å². The second kappa shape index (κ2) is 10.1. The molecule has 0 heterocycles. The second-order valence-electron chi connectivity index (χ2n) is 7.44. The molecule has 0 aromatic heterocycles. The highest BCUT2D eigenvalue weighted by Gasteiger charge is 2.21. The molecule has 1 N–H and O–H groups in total. The van der Waals surface area contributed by atoms with Crippen LogP contribution in [0.5, 0.6) is 0 Å². The van der Waals surface area contributed by atoms with Crippen molar-refractivity contribution in [1.82, 2.24) is 5.32 Å². The van der Waals surface area contributed by atoms with E-state index in [-0.39, 0.29) is 19.0 Å². The van der Waals surface area contributed by atoms with E-state index in [0.717, 1.165) is 11.1 Å². The van der Waals surface area contributed by atoms with Crippen molar-refractivity contribution in [2.24, 2.45) is 0 Å². The lowest BCUT2D eigenvalue weighted by Crippen LogP contribution is -2.35. The van der Waals surface area contributed by atoms with Crippen molar-refractivity contribution < 1.29 is 19.1 Å². The number of alkyl carbamates (subject to hydrolysis) is 1. The smallest absolute Gasteiger partial charge is 0.408 e. The number of nitrogens with one attached hydrogen (secondary N) is 1. The predicted molar refractivity (Wildman–Crippen MR) is 109 cm³/mol. The summed E-state index contributed by atoms with van der Waals surface area (Å²) in [5.74, 6) is -0.325. The van der Waals surface area contributed by atoms with Gasteiger partial charge in [0.2, 0.25) is 0 Å². The molecule has 2 aromatic carbocycles. The zero-order valence-corrected chi connectivity index (χ0v) is 17.2. The van der Waals surface area contributed by atoms with Gasteiger partial charge in [-0.15, -0.1) is 0 Å². The first kappa shape index (κ1) is 21.8. The van der Waals surface area contributed by atoms with Crippen LogP contribution >= 0.6 is 11.6 Å². The predicted octanol–water partition coefficient (Wildman–Crippen LogP) is 5.43. The number of amides is 1. The average molecular weight is 404 g/mol. The molecule has 2 aromatic rings. The summed E-state index contributed by atoms with van der Waals surface area (Å²) in [5.41, 5.74) is 1.16. The van der Waals surface area contributed by atoms with Crippen molar-refractivity contribution >= 4 is 23.7 Å².